The third kappa shape index (κ3) is 2.74. The van der Waals surface area contributed by atoms with Gasteiger partial charge in [0.1, 0.15) is 11.7 Å². The number of fused-ring (bicyclic) bond motifs is 1. The second-order valence-electron chi connectivity index (χ2n) is 6.06. The average Bonchev–Trinajstić information content (AvgIpc) is 2.66. The number of carbonyl (C=O) groups is 2. The smallest absolute Gasteiger partial charge is 0.323 e. The molecule has 0 saturated heterocycles. The molecule has 0 aliphatic carbocycles. The maximum absolute atomic E-state index is 13.1. The number of carbonyl (C=O) groups excluding carboxylic acids is 2. The van der Waals surface area contributed by atoms with Crippen LogP contribution in [-0.4, -0.2) is 11.8 Å². The first-order valence-corrected chi connectivity index (χ1v) is 8.20. The van der Waals surface area contributed by atoms with Crippen LogP contribution in [0.3, 0.4) is 0 Å². The van der Waals surface area contributed by atoms with E-state index in [-0.39, 0.29) is 11.7 Å². The highest BCUT2D eigenvalue weighted by Crippen LogP contribution is 2.39. The highest BCUT2D eigenvalue weighted by molar-refractivity contribution is 6.14. The second kappa shape index (κ2) is 6.36. The van der Waals surface area contributed by atoms with Crippen molar-refractivity contribution in [2.45, 2.75) is 5.92 Å². The molecular weight excluding hydrogens is 312 g/mol. The number of ether oxygens (including phenoxy) is 1. The van der Waals surface area contributed by atoms with Crippen LogP contribution >= 0.6 is 0 Å². The van der Waals surface area contributed by atoms with Gasteiger partial charge in [-0.2, -0.15) is 0 Å². The Balaban J connectivity index is 1.86. The van der Waals surface area contributed by atoms with E-state index in [4.69, 9.17) is 4.74 Å². The predicted octanol–water partition coefficient (Wildman–Crippen LogP) is 4.24. The average molecular weight is 328 g/mol. The number of hydrogen-bond acceptors (Lipinski definition) is 3. The first-order valence-electron chi connectivity index (χ1n) is 8.20. The van der Waals surface area contributed by atoms with Crippen molar-refractivity contribution >= 4 is 11.8 Å². The van der Waals surface area contributed by atoms with E-state index in [0.29, 0.717) is 11.3 Å². The largest absolute Gasteiger partial charge is 0.425 e. The monoisotopic (exact) mass is 328 g/mol. The summed E-state index contributed by atoms with van der Waals surface area (Å²) < 4.78 is 5.48. The summed E-state index contributed by atoms with van der Waals surface area (Å²) in [5, 5.41) is 0. The molecule has 1 aliphatic rings. The van der Waals surface area contributed by atoms with Gasteiger partial charge in [0, 0.05) is 5.92 Å². The maximum atomic E-state index is 13.1. The molecule has 3 aromatic carbocycles. The Kier molecular flexibility index (Phi) is 3.90. The number of para-hydroxylation sites is 1. The lowest BCUT2D eigenvalue weighted by atomic mass is 9.76. The lowest BCUT2D eigenvalue weighted by molar-refractivity contribution is -0.138. The van der Waals surface area contributed by atoms with Crippen LogP contribution in [0, 0.1) is 5.92 Å². The van der Waals surface area contributed by atoms with Crippen LogP contribution in [0.1, 0.15) is 27.4 Å². The van der Waals surface area contributed by atoms with Crippen molar-refractivity contribution in [1.82, 2.24) is 0 Å². The van der Waals surface area contributed by atoms with E-state index in [2.05, 4.69) is 0 Å². The minimum atomic E-state index is -0.889. The van der Waals surface area contributed by atoms with Gasteiger partial charge in [0.25, 0.3) is 0 Å². The zero-order valence-electron chi connectivity index (χ0n) is 13.5. The highest BCUT2D eigenvalue weighted by atomic mass is 16.5. The highest BCUT2D eigenvalue weighted by Gasteiger charge is 2.42. The Morgan fingerprint density at radius 3 is 1.80 bits per heavy atom. The fraction of sp³-hybridized carbons (Fsp3) is 0.0909. The van der Waals surface area contributed by atoms with Crippen LogP contribution in [0.25, 0.3) is 0 Å². The molecule has 0 fully saturated rings. The number of hydrogen-bond donors (Lipinski definition) is 0. The predicted molar refractivity (Wildman–Crippen MR) is 94.6 cm³/mol. The molecule has 25 heavy (non-hydrogen) atoms. The molecule has 0 amide bonds. The second-order valence-corrected chi connectivity index (χ2v) is 6.06. The van der Waals surface area contributed by atoms with Crippen molar-refractivity contribution in [3.05, 3.63) is 102 Å². The number of ketones is 1. The first kappa shape index (κ1) is 15.3. The van der Waals surface area contributed by atoms with Gasteiger partial charge in [-0.1, -0.05) is 72.8 Å². The Morgan fingerprint density at radius 1 is 0.680 bits per heavy atom. The van der Waals surface area contributed by atoms with Gasteiger partial charge in [-0.05, 0) is 23.3 Å². The molecule has 1 heterocycles. The first-order chi connectivity index (χ1) is 12.3. The molecule has 0 spiro atoms. The maximum Gasteiger partial charge on any atom is 0.323 e. The summed E-state index contributed by atoms with van der Waals surface area (Å²) >= 11 is 0. The van der Waals surface area contributed by atoms with Gasteiger partial charge < -0.3 is 4.74 Å². The van der Waals surface area contributed by atoms with Crippen LogP contribution in [0.5, 0.6) is 5.75 Å². The number of Topliss-reactive ketones (excluding diaryl/α,β-unsaturated/α-hetero) is 1. The molecule has 0 bridgehead atoms. The fourth-order valence-electron chi connectivity index (χ4n) is 3.39. The molecule has 4 rings (SSSR count). The molecule has 0 N–H and O–H groups in total. The molecule has 0 saturated carbocycles. The van der Waals surface area contributed by atoms with Crippen molar-refractivity contribution in [2.75, 3.05) is 0 Å². The number of rotatable bonds is 3. The van der Waals surface area contributed by atoms with Crippen LogP contribution in [0.4, 0.5) is 0 Å². The Morgan fingerprint density at radius 2 is 1.20 bits per heavy atom. The van der Waals surface area contributed by atoms with Gasteiger partial charge >= 0.3 is 5.97 Å². The van der Waals surface area contributed by atoms with Gasteiger partial charge in [-0.15, -0.1) is 0 Å². The fourth-order valence-corrected chi connectivity index (χ4v) is 3.39. The molecule has 3 nitrogen and oxygen atoms in total. The van der Waals surface area contributed by atoms with Crippen molar-refractivity contribution < 1.29 is 14.3 Å². The lowest BCUT2D eigenvalue weighted by Crippen LogP contribution is -2.38. The summed E-state index contributed by atoms with van der Waals surface area (Å²) in [6, 6.07) is 26.2. The lowest BCUT2D eigenvalue weighted by Gasteiger charge is -2.29. The molecule has 1 atom stereocenters. The Hall–Kier alpha value is -3.20. The van der Waals surface area contributed by atoms with E-state index < -0.39 is 11.9 Å². The minimum absolute atomic E-state index is 0.190. The summed E-state index contributed by atoms with van der Waals surface area (Å²) in [5.41, 5.74) is 2.30. The van der Waals surface area contributed by atoms with E-state index in [1.165, 1.54) is 0 Å². The number of esters is 1. The van der Waals surface area contributed by atoms with E-state index >= 15 is 0 Å². The van der Waals surface area contributed by atoms with Gasteiger partial charge in [0.05, 0.1) is 5.56 Å². The third-order valence-electron chi connectivity index (χ3n) is 4.55. The third-order valence-corrected chi connectivity index (χ3v) is 4.55. The van der Waals surface area contributed by atoms with E-state index in [9.17, 15) is 9.59 Å². The van der Waals surface area contributed by atoms with Crippen molar-refractivity contribution in [1.29, 1.82) is 0 Å². The van der Waals surface area contributed by atoms with Crippen molar-refractivity contribution in [2.24, 2.45) is 5.92 Å². The normalized spacial score (nSPS) is 16.4. The van der Waals surface area contributed by atoms with Gasteiger partial charge in [0.15, 0.2) is 5.78 Å². The summed E-state index contributed by atoms with van der Waals surface area (Å²) in [6.45, 7) is 0. The van der Waals surface area contributed by atoms with Crippen LogP contribution in [0.2, 0.25) is 0 Å². The van der Waals surface area contributed by atoms with Crippen molar-refractivity contribution in [3.8, 4) is 5.75 Å². The molecule has 3 heteroatoms. The van der Waals surface area contributed by atoms with E-state index in [0.717, 1.165) is 11.1 Å². The minimum Gasteiger partial charge on any atom is -0.425 e. The summed E-state index contributed by atoms with van der Waals surface area (Å²) in [6.07, 6.45) is 0. The zero-order chi connectivity index (χ0) is 17.2. The topological polar surface area (TPSA) is 43.4 Å². The zero-order valence-corrected chi connectivity index (χ0v) is 13.5. The summed E-state index contributed by atoms with van der Waals surface area (Å²) in [5.74, 6) is -1.62. The molecule has 3 aromatic rings. The number of benzene rings is 3. The van der Waals surface area contributed by atoms with Crippen LogP contribution in [-0.2, 0) is 4.79 Å². The Labute approximate surface area is 145 Å². The SMILES string of the molecule is O=C1Oc2ccccc2C(=O)C1C(c1ccccc1)c1ccccc1. The van der Waals surface area contributed by atoms with E-state index in [1.54, 1.807) is 24.3 Å². The van der Waals surface area contributed by atoms with Crippen LogP contribution in [0.15, 0.2) is 84.9 Å². The van der Waals surface area contributed by atoms with E-state index in [1.807, 2.05) is 60.7 Å². The molecule has 1 unspecified atom stereocenters. The van der Waals surface area contributed by atoms with Crippen LogP contribution < -0.4 is 4.74 Å². The summed E-state index contributed by atoms with van der Waals surface area (Å²) in [7, 11) is 0. The standard InChI is InChI=1S/C22H16O3/c23-21-17-13-7-8-14-18(17)25-22(24)20(21)19(15-9-3-1-4-10-15)16-11-5-2-6-12-16/h1-14,19-20H. The molecule has 0 radical (unpaired) electrons. The quantitative estimate of drug-likeness (QED) is 0.410. The van der Waals surface area contributed by atoms with Crippen molar-refractivity contribution in [3.63, 3.8) is 0 Å². The molecule has 122 valence electrons. The van der Waals surface area contributed by atoms with Gasteiger partial charge in [-0.25, -0.2) is 0 Å². The molecule has 0 aromatic heterocycles. The van der Waals surface area contributed by atoms with Gasteiger partial charge in [0.2, 0.25) is 0 Å². The van der Waals surface area contributed by atoms with Gasteiger partial charge in [-0.3, -0.25) is 9.59 Å². The Bertz CT molecular complexity index is 877. The summed E-state index contributed by atoms with van der Waals surface area (Å²) in [4.78, 5) is 25.8. The molecule has 1 aliphatic heterocycles. The molecular formula is C22H16O3.